The van der Waals surface area contributed by atoms with Crippen molar-refractivity contribution in [3.63, 3.8) is 0 Å². The molecule has 1 aliphatic heterocycles. The van der Waals surface area contributed by atoms with Crippen LogP contribution in [0.1, 0.15) is 83.1 Å². The molecular weight excluding hydrogens is 373 g/mol. The summed E-state index contributed by atoms with van der Waals surface area (Å²) >= 11 is 0. The van der Waals surface area contributed by atoms with Crippen LogP contribution in [0.25, 0.3) is 0 Å². The van der Waals surface area contributed by atoms with Crippen LogP contribution >= 0.6 is 0 Å². The molecule has 2 atom stereocenters. The van der Waals surface area contributed by atoms with Crippen molar-refractivity contribution in [2.75, 3.05) is 0 Å². The second kappa shape index (κ2) is 6.44. The summed E-state index contributed by atoms with van der Waals surface area (Å²) in [6.45, 7) is 44.1. The van der Waals surface area contributed by atoms with Gasteiger partial charge in [0.05, 0.1) is 23.3 Å². The maximum Gasteiger partial charge on any atom is 0.0773 e. The van der Waals surface area contributed by atoms with Crippen molar-refractivity contribution in [1.29, 1.82) is 0 Å². The molecule has 0 saturated carbocycles. The Bertz CT molecular complexity index is 610. The zero-order valence-electron chi connectivity index (χ0n) is 22.1. The summed E-state index contributed by atoms with van der Waals surface area (Å²) in [7, 11) is -4.57. The number of rotatable bonds is 2. The molecule has 0 aliphatic carbocycles. The predicted octanol–water partition coefficient (Wildman–Crippen LogP) is 9.01. The Hall–Kier alpha value is 0.391. The summed E-state index contributed by atoms with van der Waals surface area (Å²) in [5.74, 6) is 0. The zero-order chi connectivity index (χ0) is 22.2. The Morgan fingerprint density at radius 2 is 1.00 bits per heavy atom. The Morgan fingerprint density at radius 3 is 1.22 bits per heavy atom. The summed E-state index contributed by atoms with van der Waals surface area (Å²) in [5.41, 5.74) is 2.48. The molecule has 0 amide bonds. The summed E-state index contributed by atoms with van der Waals surface area (Å²) in [6, 6.07) is 0. The summed E-state index contributed by atoms with van der Waals surface area (Å²) in [6.07, 6.45) is 0. The summed E-state index contributed by atoms with van der Waals surface area (Å²) in [5, 5.41) is 3.77. The molecule has 0 bridgehead atoms. The van der Waals surface area contributed by atoms with Crippen LogP contribution in [-0.2, 0) is 0 Å². The van der Waals surface area contributed by atoms with Crippen molar-refractivity contribution in [2.24, 2.45) is 10.8 Å². The van der Waals surface area contributed by atoms with Gasteiger partial charge in [-0.1, -0.05) is 127 Å². The minimum Gasteiger partial charge on any atom is -0.0782 e. The number of hydrogen-bond donors (Lipinski definition) is 0. The van der Waals surface area contributed by atoms with E-state index in [0.29, 0.717) is 15.5 Å². The minimum absolute atomic E-state index is 0.289. The lowest BCUT2D eigenvalue weighted by Crippen LogP contribution is -2.77. The zero-order valence-corrected chi connectivity index (χ0v) is 25.1. The first-order chi connectivity index (χ1) is 11.4. The van der Waals surface area contributed by atoms with Crippen LogP contribution in [0, 0.1) is 10.8 Å². The van der Waals surface area contributed by atoms with Gasteiger partial charge in [-0.2, -0.15) is 0 Å². The molecule has 0 aromatic heterocycles. The standard InChI is InChI=1S/C24H52Si3/c1-21(2,3)18-19(22(4,5)6)27(17,26(15,16)24(10,11)12)20(18)25(13,14)23(7,8)9/h20H,1-17H3. The van der Waals surface area contributed by atoms with E-state index in [0.717, 1.165) is 5.16 Å². The third-order valence-electron chi connectivity index (χ3n) is 9.04. The van der Waals surface area contributed by atoms with Crippen molar-refractivity contribution < 1.29 is 0 Å². The molecule has 1 heterocycles. The van der Waals surface area contributed by atoms with E-state index in [9.17, 15) is 0 Å². The molecule has 0 nitrogen and oxygen atoms in total. The highest BCUT2D eigenvalue weighted by molar-refractivity contribution is 7.49. The lowest BCUT2D eigenvalue weighted by molar-refractivity contribution is 0.434. The van der Waals surface area contributed by atoms with Crippen LogP contribution < -0.4 is 0 Å². The molecule has 3 heteroatoms. The van der Waals surface area contributed by atoms with Gasteiger partial charge in [0.25, 0.3) is 0 Å². The van der Waals surface area contributed by atoms with E-state index in [1.165, 1.54) is 0 Å². The Balaban J connectivity index is 4.06. The lowest BCUT2D eigenvalue weighted by Gasteiger charge is -2.70. The molecule has 0 saturated heterocycles. The molecule has 160 valence electrons. The minimum atomic E-state index is -1.59. The van der Waals surface area contributed by atoms with Gasteiger partial charge in [-0.3, -0.25) is 0 Å². The SMILES string of the molecule is CC(C)(C)C1=C(C(C)(C)C)[Si](C)([Si](C)(C)C(C)(C)C)C1[Si](C)(C)C(C)(C)C. The first kappa shape index (κ1) is 25.4. The predicted molar refractivity (Wildman–Crippen MR) is 136 cm³/mol. The van der Waals surface area contributed by atoms with Gasteiger partial charge in [-0.15, -0.1) is 0 Å². The second-order valence-electron chi connectivity index (χ2n) is 14.8. The molecule has 27 heavy (non-hydrogen) atoms. The highest BCUT2D eigenvalue weighted by Gasteiger charge is 2.71. The lowest BCUT2D eigenvalue weighted by atomic mass is 9.80. The van der Waals surface area contributed by atoms with E-state index < -0.39 is 23.3 Å². The fraction of sp³-hybridized carbons (Fsp3) is 0.917. The topological polar surface area (TPSA) is 0 Å². The molecule has 0 aromatic carbocycles. The van der Waals surface area contributed by atoms with Crippen LogP contribution in [0.3, 0.4) is 0 Å². The number of allylic oxidation sites excluding steroid dienone is 2. The molecule has 0 fully saturated rings. The van der Waals surface area contributed by atoms with Crippen molar-refractivity contribution in [1.82, 2.24) is 0 Å². The molecule has 1 aliphatic rings. The van der Waals surface area contributed by atoms with E-state index in [4.69, 9.17) is 0 Å². The second-order valence-corrected chi connectivity index (χ2v) is 36.0. The van der Waals surface area contributed by atoms with Gasteiger partial charge >= 0.3 is 0 Å². The molecule has 0 N–H and O–H groups in total. The van der Waals surface area contributed by atoms with Crippen molar-refractivity contribution in [2.45, 2.75) is 131 Å². The van der Waals surface area contributed by atoms with Gasteiger partial charge in [-0.05, 0) is 26.1 Å². The summed E-state index contributed by atoms with van der Waals surface area (Å²) in [4.78, 5) is 0. The van der Waals surface area contributed by atoms with E-state index >= 15 is 0 Å². The van der Waals surface area contributed by atoms with Crippen LogP contribution in [0.4, 0.5) is 0 Å². The van der Waals surface area contributed by atoms with Crippen molar-refractivity contribution in [3.05, 3.63) is 10.8 Å². The fourth-order valence-corrected chi connectivity index (χ4v) is 39.5. The van der Waals surface area contributed by atoms with Crippen molar-refractivity contribution >= 4 is 23.3 Å². The van der Waals surface area contributed by atoms with E-state index in [-0.39, 0.29) is 5.41 Å². The van der Waals surface area contributed by atoms with Gasteiger partial charge in [0.15, 0.2) is 0 Å². The molecule has 0 aromatic rings. The highest BCUT2D eigenvalue weighted by atomic mass is 29.3. The molecule has 0 radical (unpaired) electrons. The van der Waals surface area contributed by atoms with E-state index in [2.05, 4.69) is 116 Å². The first-order valence-electron chi connectivity index (χ1n) is 11.1. The maximum atomic E-state index is 2.84. The average molecular weight is 425 g/mol. The molecule has 0 spiro atoms. The van der Waals surface area contributed by atoms with Crippen LogP contribution in [-0.4, -0.2) is 23.3 Å². The van der Waals surface area contributed by atoms with Gasteiger partial charge in [0, 0.05) is 0 Å². The van der Waals surface area contributed by atoms with Gasteiger partial charge in [0.2, 0.25) is 0 Å². The molecule has 1 rings (SSSR count). The molecule has 2 unspecified atom stereocenters. The van der Waals surface area contributed by atoms with E-state index in [1.807, 2.05) is 10.8 Å². The highest BCUT2D eigenvalue weighted by Crippen LogP contribution is 2.69. The summed E-state index contributed by atoms with van der Waals surface area (Å²) < 4.78 is 0. The Kier molecular flexibility index (Phi) is 6.07. The fourth-order valence-electron chi connectivity index (χ4n) is 5.74. The normalized spacial score (nSPS) is 26.3. The van der Waals surface area contributed by atoms with E-state index in [1.54, 1.807) is 0 Å². The maximum absolute atomic E-state index is 2.84. The Morgan fingerprint density at radius 1 is 0.630 bits per heavy atom. The monoisotopic (exact) mass is 424 g/mol. The number of hydrogen-bond acceptors (Lipinski definition) is 0. The largest absolute Gasteiger partial charge is 0.0782 e. The Labute approximate surface area is 175 Å². The molecular formula is C24H52Si3. The third kappa shape index (κ3) is 3.67. The van der Waals surface area contributed by atoms with Crippen LogP contribution in [0.5, 0.6) is 0 Å². The van der Waals surface area contributed by atoms with Crippen LogP contribution in [0.2, 0.25) is 48.0 Å². The third-order valence-corrected chi connectivity index (χ3v) is 40.9. The van der Waals surface area contributed by atoms with Gasteiger partial charge in [0.1, 0.15) is 0 Å². The van der Waals surface area contributed by atoms with Gasteiger partial charge in [-0.25, -0.2) is 0 Å². The smallest absolute Gasteiger partial charge is 0.0773 e. The first-order valence-corrected chi connectivity index (χ1v) is 20.8. The van der Waals surface area contributed by atoms with Crippen molar-refractivity contribution in [3.8, 4) is 0 Å². The average Bonchev–Trinajstić information content (AvgIpc) is 2.28. The quantitative estimate of drug-likeness (QED) is 0.388. The van der Waals surface area contributed by atoms with Gasteiger partial charge < -0.3 is 0 Å². The van der Waals surface area contributed by atoms with Crippen LogP contribution in [0.15, 0.2) is 10.8 Å².